The lowest BCUT2D eigenvalue weighted by molar-refractivity contribution is 0.628. The molecular formula is C26H18FN5. The second-order valence-electron chi connectivity index (χ2n) is 7.84. The van der Waals surface area contributed by atoms with Gasteiger partial charge in [-0.3, -0.25) is 15.1 Å². The largest absolute Gasteiger partial charge is 0.353 e. The Kier molecular flexibility index (Phi) is 4.11. The number of hydrogen-bond donors (Lipinski definition) is 2. The number of halogens is 1. The highest BCUT2D eigenvalue weighted by Crippen LogP contribution is 2.35. The third-order valence-corrected chi connectivity index (χ3v) is 5.82. The average molecular weight is 419 g/mol. The van der Waals surface area contributed by atoms with Gasteiger partial charge in [-0.15, -0.1) is 0 Å². The summed E-state index contributed by atoms with van der Waals surface area (Å²) in [6, 6.07) is 18.7. The average Bonchev–Trinajstić information content (AvgIpc) is 3.42. The fourth-order valence-corrected chi connectivity index (χ4v) is 4.19. The van der Waals surface area contributed by atoms with Gasteiger partial charge in [0.2, 0.25) is 0 Å². The van der Waals surface area contributed by atoms with E-state index in [1.807, 2.05) is 49.5 Å². The fourth-order valence-electron chi connectivity index (χ4n) is 4.19. The van der Waals surface area contributed by atoms with Crippen molar-refractivity contribution in [2.24, 2.45) is 0 Å². The van der Waals surface area contributed by atoms with Crippen LogP contribution in [0.2, 0.25) is 0 Å². The van der Waals surface area contributed by atoms with Gasteiger partial charge in [-0.2, -0.15) is 5.10 Å². The predicted molar refractivity (Wildman–Crippen MR) is 125 cm³/mol. The number of aromatic amines is 2. The van der Waals surface area contributed by atoms with Gasteiger partial charge in [-0.1, -0.05) is 24.3 Å². The molecule has 0 saturated carbocycles. The third kappa shape index (κ3) is 2.96. The minimum Gasteiger partial charge on any atom is -0.353 e. The van der Waals surface area contributed by atoms with Crippen LogP contribution in [0.1, 0.15) is 5.56 Å². The van der Waals surface area contributed by atoms with E-state index in [2.05, 4.69) is 31.2 Å². The van der Waals surface area contributed by atoms with Crippen LogP contribution in [0.3, 0.4) is 0 Å². The predicted octanol–water partition coefficient (Wildman–Crippen LogP) is 6.28. The molecule has 4 heterocycles. The molecule has 0 amide bonds. The van der Waals surface area contributed by atoms with Gasteiger partial charge in [0.05, 0.1) is 23.1 Å². The number of pyridine rings is 2. The van der Waals surface area contributed by atoms with E-state index in [-0.39, 0.29) is 5.82 Å². The van der Waals surface area contributed by atoms with Crippen LogP contribution in [0.25, 0.3) is 55.6 Å². The fraction of sp³-hybridized carbons (Fsp3) is 0.0385. The maximum Gasteiger partial charge on any atom is 0.123 e. The van der Waals surface area contributed by atoms with E-state index in [1.165, 1.54) is 6.07 Å². The van der Waals surface area contributed by atoms with Crippen molar-refractivity contribution >= 4 is 21.8 Å². The maximum atomic E-state index is 13.8. The zero-order valence-corrected chi connectivity index (χ0v) is 17.2. The lowest BCUT2D eigenvalue weighted by Gasteiger charge is -2.04. The van der Waals surface area contributed by atoms with Crippen molar-refractivity contribution in [2.75, 3.05) is 0 Å². The first kappa shape index (κ1) is 18.4. The molecule has 0 aliphatic carbocycles. The van der Waals surface area contributed by atoms with Gasteiger partial charge >= 0.3 is 0 Å². The van der Waals surface area contributed by atoms with Gasteiger partial charge in [-0.25, -0.2) is 4.39 Å². The third-order valence-electron chi connectivity index (χ3n) is 5.82. The van der Waals surface area contributed by atoms with Crippen LogP contribution in [0, 0.1) is 12.7 Å². The number of H-pyrrole nitrogens is 2. The van der Waals surface area contributed by atoms with Crippen LogP contribution in [-0.2, 0) is 0 Å². The van der Waals surface area contributed by atoms with Crippen LogP contribution in [0.4, 0.5) is 4.39 Å². The van der Waals surface area contributed by atoms with E-state index in [4.69, 9.17) is 0 Å². The molecule has 0 aliphatic rings. The second kappa shape index (κ2) is 7.13. The first-order chi connectivity index (χ1) is 15.7. The van der Waals surface area contributed by atoms with Crippen molar-refractivity contribution < 1.29 is 4.39 Å². The number of fused-ring (bicyclic) bond motifs is 2. The van der Waals surface area contributed by atoms with Crippen LogP contribution in [-0.4, -0.2) is 25.1 Å². The van der Waals surface area contributed by atoms with E-state index < -0.39 is 0 Å². The van der Waals surface area contributed by atoms with Gasteiger partial charge in [0.15, 0.2) is 0 Å². The molecule has 6 rings (SSSR count). The molecule has 0 fully saturated rings. The Balaban J connectivity index is 1.52. The smallest absolute Gasteiger partial charge is 0.123 e. The minimum atomic E-state index is -0.251. The van der Waals surface area contributed by atoms with E-state index in [0.717, 1.165) is 61.1 Å². The standard InChI is InChI=1S/C26H18FN5/c1-15-8-9-28-13-21(15)23-12-20-25(14-29-23)31-32-26(20)24-11-19-18(6-3-7-22(19)30-24)16-4-2-5-17(27)10-16/h2-14,30H,1H3,(H,31,32). The van der Waals surface area contributed by atoms with E-state index in [9.17, 15) is 4.39 Å². The van der Waals surface area contributed by atoms with Crippen LogP contribution >= 0.6 is 0 Å². The first-order valence-corrected chi connectivity index (χ1v) is 10.3. The van der Waals surface area contributed by atoms with Crippen molar-refractivity contribution in [3.63, 3.8) is 0 Å². The highest BCUT2D eigenvalue weighted by molar-refractivity contribution is 6.01. The summed E-state index contributed by atoms with van der Waals surface area (Å²) in [6.07, 6.45) is 5.41. The molecule has 6 aromatic rings. The Morgan fingerprint density at radius 2 is 1.75 bits per heavy atom. The number of hydrogen-bond acceptors (Lipinski definition) is 3. The molecule has 0 radical (unpaired) electrons. The van der Waals surface area contributed by atoms with Gasteiger partial charge in [0.1, 0.15) is 11.5 Å². The Morgan fingerprint density at radius 1 is 0.844 bits per heavy atom. The lowest BCUT2D eigenvalue weighted by atomic mass is 10.0. The van der Waals surface area contributed by atoms with Gasteiger partial charge in [-0.05, 0) is 60.0 Å². The number of aromatic nitrogens is 5. The second-order valence-corrected chi connectivity index (χ2v) is 7.84. The quantitative estimate of drug-likeness (QED) is 0.354. The molecule has 0 saturated heterocycles. The topological polar surface area (TPSA) is 70.2 Å². The van der Waals surface area contributed by atoms with Crippen LogP contribution in [0.5, 0.6) is 0 Å². The zero-order valence-electron chi connectivity index (χ0n) is 17.2. The van der Waals surface area contributed by atoms with E-state index in [0.29, 0.717) is 0 Å². The molecular weight excluding hydrogens is 401 g/mol. The highest BCUT2D eigenvalue weighted by atomic mass is 19.1. The van der Waals surface area contributed by atoms with Gasteiger partial charge < -0.3 is 4.98 Å². The van der Waals surface area contributed by atoms with Gasteiger partial charge in [0.25, 0.3) is 0 Å². The molecule has 5 nitrogen and oxygen atoms in total. The lowest BCUT2D eigenvalue weighted by Crippen LogP contribution is -1.88. The molecule has 6 heteroatoms. The maximum absolute atomic E-state index is 13.8. The molecule has 0 bridgehead atoms. The zero-order chi connectivity index (χ0) is 21.7. The van der Waals surface area contributed by atoms with Crippen molar-refractivity contribution in [1.29, 1.82) is 0 Å². The van der Waals surface area contributed by atoms with Gasteiger partial charge in [0, 0.05) is 34.2 Å². The molecule has 4 aromatic heterocycles. The summed E-state index contributed by atoms with van der Waals surface area (Å²) < 4.78 is 13.8. The monoisotopic (exact) mass is 419 g/mol. The minimum absolute atomic E-state index is 0.251. The molecule has 0 unspecified atom stereocenters. The molecule has 32 heavy (non-hydrogen) atoms. The number of aryl methyl sites for hydroxylation is 1. The van der Waals surface area contributed by atoms with Crippen LogP contribution in [0.15, 0.2) is 79.3 Å². The highest BCUT2D eigenvalue weighted by Gasteiger charge is 2.15. The van der Waals surface area contributed by atoms with Crippen molar-refractivity contribution in [2.45, 2.75) is 6.92 Å². The Bertz CT molecular complexity index is 1610. The molecule has 154 valence electrons. The molecule has 0 atom stereocenters. The molecule has 0 spiro atoms. The van der Waals surface area contributed by atoms with E-state index >= 15 is 0 Å². The van der Waals surface area contributed by atoms with Crippen molar-refractivity contribution in [3.05, 3.63) is 90.6 Å². The summed E-state index contributed by atoms with van der Waals surface area (Å²) in [5.74, 6) is -0.251. The first-order valence-electron chi connectivity index (χ1n) is 10.3. The van der Waals surface area contributed by atoms with Crippen molar-refractivity contribution in [3.8, 4) is 33.8 Å². The molecule has 2 N–H and O–H groups in total. The summed E-state index contributed by atoms with van der Waals surface area (Å²) in [7, 11) is 0. The normalized spacial score (nSPS) is 11.4. The number of rotatable bonds is 3. The summed E-state index contributed by atoms with van der Waals surface area (Å²) in [5.41, 5.74) is 8.28. The van der Waals surface area contributed by atoms with Crippen molar-refractivity contribution in [1.82, 2.24) is 25.1 Å². The summed E-state index contributed by atoms with van der Waals surface area (Å²) >= 11 is 0. The molecule has 2 aromatic carbocycles. The Morgan fingerprint density at radius 3 is 2.62 bits per heavy atom. The number of benzene rings is 2. The molecule has 0 aliphatic heterocycles. The summed E-state index contributed by atoms with van der Waals surface area (Å²) in [6.45, 7) is 2.05. The summed E-state index contributed by atoms with van der Waals surface area (Å²) in [4.78, 5) is 12.3. The number of nitrogens with zero attached hydrogens (tertiary/aromatic N) is 3. The van der Waals surface area contributed by atoms with E-state index in [1.54, 1.807) is 24.5 Å². The Labute approximate surface area is 183 Å². The van der Waals surface area contributed by atoms with Crippen LogP contribution < -0.4 is 0 Å². The SMILES string of the molecule is Cc1ccncc1-c1cc2c(-c3cc4c(-c5cccc(F)c5)cccc4[nH]3)n[nH]c2cn1. The summed E-state index contributed by atoms with van der Waals surface area (Å²) in [5, 5.41) is 9.63. The number of nitrogens with one attached hydrogen (secondary N) is 2. The Hall–Kier alpha value is -4.32.